The van der Waals surface area contributed by atoms with E-state index in [1.54, 1.807) is 19.2 Å². The first-order valence-electron chi connectivity index (χ1n) is 5.59. The van der Waals surface area contributed by atoms with Crippen LogP contribution < -0.4 is 5.32 Å². The maximum absolute atomic E-state index is 11.2. The van der Waals surface area contributed by atoms with E-state index in [0.717, 1.165) is 5.69 Å². The highest BCUT2D eigenvalue weighted by atomic mass is 32.2. The predicted octanol–water partition coefficient (Wildman–Crippen LogP) is 1.58. The SMILES string of the molecule is Cc1cc(C)c(C(=O)O)c(NC(C)CS(C)=O)n1. The molecule has 1 rings (SSSR count). The third kappa shape index (κ3) is 3.80. The van der Waals surface area contributed by atoms with Crippen LogP contribution in [0.5, 0.6) is 0 Å². The van der Waals surface area contributed by atoms with Crippen molar-refractivity contribution in [1.29, 1.82) is 0 Å². The van der Waals surface area contributed by atoms with Gasteiger partial charge in [-0.3, -0.25) is 4.21 Å². The molecule has 2 unspecified atom stereocenters. The summed E-state index contributed by atoms with van der Waals surface area (Å²) in [7, 11) is -0.935. The number of aryl methyl sites for hydroxylation is 2. The highest BCUT2D eigenvalue weighted by molar-refractivity contribution is 7.84. The van der Waals surface area contributed by atoms with E-state index in [2.05, 4.69) is 10.3 Å². The molecule has 100 valence electrons. The van der Waals surface area contributed by atoms with Gasteiger partial charge in [0.25, 0.3) is 0 Å². The van der Waals surface area contributed by atoms with Crippen LogP contribution in [0.4, 0.5) is 5.82 Å². The van der Waals surface area contributed by atoms with Crippen molar-refractivity contribution < 1.29 is 14.1 Å². The molecule has 1 heterocycles. The molecule has 2 N–H and O–H groups in total. The Morgan fingerprint density at radius 3 is 2.67 bits per heavy atom. The monoisotopic (exact) mass is 270 g/mol. The lowest BCUT2D eigenvalue weighted by Gasteiger charge is -2.16. The zero-order valence-corrected chi connectivity index (χ0v) is 11.8. The normalized spacial score (nSPS) is 14.0. The quantitative estimate of drug-likeness (QED) is 0.849. The van der Waals surface area contributed by atoms with Crippen molar-refractivity contribution in [3.8, 4) is 0 Å². The van der Waals surface area contributed by atoms with Crippen LogP contribution in [0.2, 0.25) is 0 Å². The minimum atomic E-state index is -1.01. The van der Waals surface area contributed by atoms with E-state index in [1.165, 1.54) is 0 Å². The molecule has 2 atom stereocenters. The molecule has 0 fully saturated rings. The summed E-state index contributed by atoms with van der Waals surface area (Å²) in [4.78, 5) is 15.4. The van der Waals surface area contributed by atoms with Gasteiger partial charge in [-0.05, 0) is 32.4 Å². The molecular formula is C12H18N2O3S. The molecule has 6 heteroatoms. The fourth-order valence-electron chi connectivity index (χ4n) is 1.84. The Labute approximate surface area is 109 Å². The van der Waals surface area contributed by atoms with Crippen LogP contribution in [0.3, 0.4) is 0 Å². The van der Waals surface area contributed by atoms with Crippen LogP contribution in [0.25, 0.3) is 0 Å². The van der Waals surface area contributed by atoms with Crippen molar-refractivity contribution in [3.63, 3.8) is 0 Å². The number of aromatic carboxylic acids is 1. The first-order chi connectivity index (χ1) is 8.31. The number of nitrogens with one attached hydrogen (secondary N) is 1. The molecule has 5 nitrogen and oxygen atoms in total. The molecule has 18 heavy (non-hydrogen) atoms. The van der Waals surface area contributed by atoms with E-state index < -0.39 is 16.8 Å². The van der Waals surface area contributed by atoms with Crippen LogP contribution in [0.1, 0.15) is 28.5 Å². The second-order valence-corrected chi connectivity index (χ2v) is 5.87. The van der Waals surface area contributed by atoms with Crippen LogP contribution in [0, 0.1) is 13.8 Å². The fraction of sp³-hybridized carbons (Fsp3) is 0.500. The topological polar surface area (TPSA) is 79.3 Å². The molecule has 0 aliphatic heterocycles. The zero-order chi connectivity index (χ0) is 13.9. The molecule has 0 amide bonds. The van der Waals surface area contributed by atoms with Gasteiger partial charge in [0.2, 0.25) is 0 Å². The molecule has 0 bridgehead atoms. The van der Waals surface area contributed by atoms with Crippen molar-refractivity contribution in [2.75, 3.05) is 17.3 Å². The van der Waals surface area contributed by atoms with Gasteiger partial charge in [-0.2, -0.15) is 0 Å². The van der Waals surface area contributed by atoms with Crippen molar-refractivity contribution in [1.82, 2.24) is 4.98 Å². The van der Waals surface area contributed by atoms with E-state index >= 15 is 0 Å². The van der Waals surface area contributed by atoms with Gasteiger partial charge in [-0.15, -0.1) is 0 Å². The summed E-state index contributed by atoms with van der Waals surface area (Å²) in [5.41, 5.74) is 1.60. The largest absolute Gasteiger partial charge is 0.478 e. The number of nitrogens with zero attached hydrogens (tertiary/aromatic N) is 1. The Bertz CT molecular complexity index is 488. The molecule has 1 aromatic heterocycles. The van der Waals surface area contributed by atoms with E-state index in [9.17, 15) is 14.1 Å². The second kappa shape index (κ2) is 5.95. The van der Waals surface area contributed by atoms with Gasteiger partial charge in [0.1, 0.15) is 11.4 Å². The van der Waals surface area contributed by atoms with E-state index in [-0.39, 0.29) is 11.6 Å². The smallest absolute Gasteiger partial charge is 0.339 e. The number of hydrogen-bond donors (Lipinski definition) is 2. The number of anilines is 1. The lowest BCUT2D eigenvalue weighted by molar-refractivity contribution is 0.0697. The summed E-state index contributed by atoms with van der Waals surface area (Å²) < 4.78 is 11.1. The maximum atomic E-state index is 11.2. The van der Waals surface area contributed by atoms with Gasteiger partial charge in [0.05, 0.1) is 0 Å². The molecule has 0 saturated carbocycles. The highest BCUT2D eigenvalue weighted by Crippen LogP contribution is 2.19. The Kier molecular flexibility index (Phi) is 4.84. The van der Waals surface area contributed by atoms with Crippen LogP contribution in [-0.2, 0) is 10.8 Å². The number of aromatic nitrogens is 1. The number of hydrogen-bond acceptors (Lipinski definition) is 4. The van der Waals surface area contributed by atoms with Crippen LogP contribution in [-0.4, -0.2) is 38.3 Å². The highest BCUT2D eigenvalue weighted by Gasteiger charge is 2.17. The second-order valence-electron chi connectivity index (χ2n) is 4.39. The van der Waals surface area contributed by atoms with Gasteiger partial charge < -0.3 is 10.4 Å². The average Bonchev–Trinajstić information content (AvgIpc) is 2.12. The fourth-order valence-corrected chi connectivity index (χ4v) is 2.63. The van der Waals surface area contributed by atoms with Crippen molar-refractivity contribution >= 4 is 22.6 Å². The third-order valence-electron chi connectivity index (χ3n) is 2.43. The Hall–Kier alpha value is -1.43. The predicted molar refractivity (Wildman–Crippen MR) is 72.7 cm³/mol. The van der Waals surface area contributed by atoms with Crippen LogP contribution >= 0.6 is 0 Å². The molecule has 0 aliphatic carbocycles. The van der Waals surface area contributed by atoms with Gasteiger partial charge in [0.15, 0.2) is 0 Å². The lowest BCUT2D eigenvalue weighted by Crippen LogP contribution is -2.24. The minimum absolute atomic E-state index is 0.0948. The molecule has 0 spiro atoms. The summed E-state index contributed by atoms with van der Waals surface area (Å²) in [6, 6.07) is 1.64. The number of pyridine rings is 1. The van der Waals surface area contributed by atoms with Crippen molar-refractivity contribution in [3.05, 3.63) is 22.9 Å². The summed E-state index contributed by atoms with van der Waals surface area (Å²) in [5.74, 6) is -0.210. The van der Waals surface area contributed by atoms with E-state index in [4.69, 9.17) is 0 Å². The van der Waals surface area contributed by atoms with Crippen LogP contribution in [0.15, 0.2) is 6.07 Å². The average molecular weight is 270 g/mol. The van der Waals surface area contributed by atoms with Crippen molar-refractivity contribution in [2.24, 2.45) is 0 Å². The zero-order valence-electron chi connectivity index (χ0n) is 11.0. The molecule has 0 saturated heterocycles. The molecule has 0 aromatic carbocycles. The molecule has 1 aromatic rings. The Morgan fingerprint density at radius 2 is 2.17 bits per heavy atom. The summed E-state index contributed by atoms with van der Waals surface area (Å²) in [6.45, 7) is 5.41. The van der Waals surface area contributed by atoms with Gasteiger partial charge in [-0.1, -0.05) is 0 Å². The van der Waals surface area contributed by atoms with Crippen molar-refractivity contribution in [2.45, 2.75) is 26.8 Å². The molecule has 0 aliphatic rings. The van der Waals surface area contributed by atoms with E-state index in [0.29, 0.717) is 17.1 Å². The number of rotatable bonds is 5. The molecular weight excluding hydrogens is 252 g/mol. The summed E-state index contributed by atoms with van der Waals surface area (Å²) in [5, 5.41) is 12.2. The number of carboxylic acid groups (broad SMARTS) is 1. The molecule has 0 radical (unpaired) electrons. The standard InChI is InChI=1S/C12H18N2O3S/c1-7-5-8(2)13-11(10(7)12(15)16)14-9(3)6-18(4)17/h5,9H,6H2,1-4H3,(H,13,14)(H,15,16). The lowest BCUT2D eigenvalue weighted by atomic mass is 10.1. The first-order valence-corrected chi connectivity index (χ1v) is 7.32. The Morgan fingerprint density at radius 1 is 1.56 bits per heavy atom. The number of carbonyl (C=O) groups is 1. The maximum Gasteiger partial charge on any atom is 0.339 e. The number of carboxylic acids is 1. The minimum Gasteiger partial charge on any atom is -0.478 e. The van der Waals surface area contributed by atoms with Gasteiger partial charge >= 0.3 is 5.97 Å². The summed E-state index contributed by atoms with van der Waals surface area (Å²) in [6.07, 6.45) is 1.62. The van der Waals surface area contributed by atoms with E-state index in [1.807, 2.05) is 13.8 Å². The first kappa shape index (κ1) is 14.6. The van der Waals surface area contributed by atoms with Gasteiger partial charge in [0, 0.05) is 34.5 Å². The summed E-state index contributed by atoms with van der Waals surface area (Å²) >= 11 is 0. The third-order valence-corrected chi connectivity index (χ3v) is 3.40. The Balaban J connectivity index is 3.07. The van der Waals surface area contributed by atoms with Gasteiger partial charge in [-0.25, -0.2) is 9.78 Å².